The molecule has 1 aromatic rings. The first-order valence-electron chi connectivity index (χ1n) is 8.88. The lowest BCUT2D eigenvalue weighted by Gasteiger charge is -2.35. The Morgan fingerprint density at radius 1 is 1.36 bits per heavy atom. The Labute approximate surface area is 157 Å². The van der Waals surface area contributed by atoms with Crippen LogP contribution >= 0.6 is 15.9 Å². The van der Waals surface area contributed by atoms with Gasteiger partial charge in [0, 0.05) is 17.6 Å². The fourth-order valence-corrected chi connectivity index (χ4v) is 3.28. The molecule has 1 heterocycles. The van der Waals surface area contributed by atoms with Crippen molar-refractivity contribution in [3.63, 3.8) is 0 Å². The number of likely N-dealkylation sites (tertiary alicyclic amines) is 1. The molecule has 6 heteroatoms. The van der Waals surface area contributed by atoms with Gasteiger partial charge in [0.15, 0.2) is 0 Å². The second kappa shape index (κ2) is 9.53. The normalized spacial score (nSPS) is 17.3. The second-order valence-corrected chi connectivity index (χ2v) is 7.45. The number of ether oxygens (including phenoxy) is 2. The maximum absolute atomic E-state index is 14.9. The molecule has 1 aliphatic heterocycles. The van der Waals surface area contributed by atoms with Gasteiger partial charge in [-0.15, -0.1) is 0 Å². The van der Waals surface area contributed by atoms with Crippen LogP contribution < -0.4 is 4.74 Å². The summed E-state index contributed by atoms with van der Waals surface area (Å²) in [6.45, 7) is 6.16. The van der Waals surface area contributed by atoms with Crippen molar-refractivity contribution in [1.82, 2.24) is 4.90 Å². The van der Waals surface area contributed by atoms with E-state index in [0.717, 1.165) is 15.8 Å². The number of rotatable bonds is 8. The molecule has 25 heavy (non-hydrogen) atoms. The van der Waals surface area contributed by atoms with Crippen molar-refractivity contribution in [2.45, 2.75) is 45.2 Å². The molecule has 1 aromatic carbocycles. The zero-order valence-corrected chi connectivity index (χ0v) is 16.6. The van der Waals surface area contributed by atoms with Crippen LogP contribution in [0.15, 0.2) is 22.7 Å². The van der Waals surface area contributed by atoms with E-state index in [4.69, 9.17) is 9.47 Å². The van der Waals surface area contributed by atoms with Crippen LogP contribution in [0.1, 0.15) is 38.2 Å². The first-order chi connectivity index (χ1) is 11.9. The van der Waals surface area contributed by atoms with Gasteiger partial charge in [-0.25, -0.2) is 4.39 Å². The van der Waals surface area contributed by atoms with Gasteiger partial charge in [-0.1, -0.05) is 15.9 Å². The van der Waals surface area contributed by atoms with Crippen molar-refractivity contribution in [1.29, 1.82) is 0 Å². The second-order valence-electron chi connectivity index (χ2n) is 6.60. The van der Waals surface area contributed by atoms with E-state index >= 15 is 0 Å². The molecule has 0 aliphatic carbocycles. The smallest absolute Gasteiger partial charge is 0.320 e. The summed E-state index contributed by atoms with van der Waals surface area (Å²) in [6, 6.07) is 5.85. The molecule has 0 aromatic heterocycles. The predicted molar refractivity (Wildman–Crippen MR) is 99.8 cm³/mol. The van der Waals surface area contributed by atoms with Gasteiger partial charge in [0.1, 0.15) is 11.4 Å². The summed E-state index contributed by atoms with van der Waals surface area (Å²) in [5, 5.41) is 0. The van der Waals surface area contributed by atoms with E-state index in [1.807, 2.05) is 30.0 Å². The Bertz CT molecular complexity index is 574. The summed E-state index contributed by atoms with van der Waals surface area (Å²) in [5.41, 5.74) is -0.0297. The minimum absolute atomic E-state index is 0.230. The highest BCUT2D eigenvalue weighted by Crippen LogP contribution is 2.31. The maximum atomic E-state index is 14.9. The molecule has 0 saturated carbocycles. The molecule has 0 radical (unpaired) electrons. The lowest BCUT2D eigenvalue weighted by Crippen LogP contribution is -2.44. The number of aryl methyl sites for hydroxylation is 1. The van der Waals surface area contributed by atoms with Crippen molar-refractivity contribution >= 4 is 21.9 Å². The molecule has 0 bridgehead atoms. The van der Waals surface area contributed by atoms with E-state index in [0.29, 0.717) is 52.0 Å². The minimum atomic E-state index is -1.15. The fraction of sp³-hybridized carbons (Fsp3) is 0.632. The summed E-state index contributed by atoms with van der Waals surface area (Å²) >= 11 is 3.46. The predicted octanol–water partition coefficient (Wildman–Crippen LogP) is 4.28. The topological polar surface area (TPSA) is 38.8 Å². The largest absolute Gasteiger partial charge is 0.494 e. The first kappa shape index (κ1) is 20.2. The van der Waals surface area contributed by atoms with Crippen LogP contribution in [0, 0.1) is 6.92 Å². The summed E-state index contributed by atoms with van der Waals surface area (Å²) in [7, 11) is 0. The van der Waals surface area contributed by atoms with E-state index < -0.39 is 5.67 Å². The summed E-state index contributed by atoms with van der Waals surface area (Å²) in [6.07, 6.45) is 2.10. The number of nitrogens with zero attached hydrogens (tertiary/aromatic N) is 1. The first-order valence-corrected chi connectivity index (χ1v) is 9.67. The number of alkyl halides is 1. The minimum Gasteiger partial charge on any atom is -0.494 e. The van der Waals surface area contributed by atoms with Gasteiger partial charge in [-0.3, -0.25) is 9.69 Å². The van der Waals surface area contributed by atoms with Crippen LogP contribution in [0.2, 0.25) is 0 Å². The van der Waals surface area contributed by atoms with E-state index in [1.165, 1.54) is 0 Å². The molecular formula is C19H27BrFNO3. The third kappa shape index (κ3) is 6.59. The Morgan fingerprint density at radius 3 is 2.72 bits per heavy atom. The van der Waals surface area contributed by atoms with E-state index in [2.05, 4.69) is 15.9 Å². The Kier molecular flexibility index (Phi) is 7.69. The number of benzene rings is 1. The van der Waals surface area contributed by atoms with Gasteiger partial charge >= 0.3 is 5.97 Å². The van der Waals surface area contributed by atoms with Crippen molar-refractivity contribution in [3.8, 4) is 5.75 Å². The zero-order valence-electron chi connectivity index (χ0n) is 15.0. The molecular weight excluding hydrogens is 389 g/mol. The van der Waals surface area contributed by atoms with Gasteiger partial charge in [0.05, 0.1) is 19.8 Å². The molecule has 140 valence electrons. The van der Waals surface area contributed by atoms with Crippen LogP contribution in [0.4, 0.5) is 4.39 Å². The van der Waals surface area contributed by atoms with E-state index in [9.17, 15) is 9.18 Å². The average molecular weight is 416 g/mol. The Morgan fingerprint density at radius 2 is 2.08 bits per heavy atom. The van der Waals surface area contributed by atoms with Crippen molar-refractivity contribution < 1.29 is 18.7 Å². The van der Waals surface area contributed by atoms with Crippen LogP contribution in [0.3, 0.4) is 0 Å². The van der Waals surface area contributed by atoms with Crippen LogP contribution in [0.5, 0.6) is 5.75 Å². The molecule has 1 saturated heterocycles. The quantitative estimate of drug-likeness (QED) is 0.468. The molecule has 0 amide bonds. The fourth-order valence-electron chi connectivity index (χ4n) is 3.04. The third-order valence-electron chi connectivity index (χ3n) is 4.58. The lowest BCUT2D eigenvalue weighted by atomic mass is 9.89. The summed E-state index contributed by atoms with van der Waals surface area (Å²) in [4.78, 5) is 13.5. The third-order valence-corrected chi connectivity index (χ3v) is 5.47. The van der Waals surface area contributed by atoms with Gasteiger partial charge in [-0.2, -0.15) is 0 Å². The highest BCUT2D eigenvalue weighted by Gasteiger charge is 2.34. The molecule has 4 nitrogen and oxygen atoms in total. The Hall–Kier alpha value is -1.14. The SMILES string of the molecule is CCOC(=O)CN1CCC(F)(CCCOc2ccc(Br)c(C)c2)CC1. The molecule has 0 atom stereocenters. The van der Waals surface area contributed by atoms with Crippen LogP contribution in [0.25, 0.3) is 0 Å². The highest BCUT2D eigenvalue weighted by atomic mass is 79.9. The van der Waals surface area contributed by atoms with Gasteiger partial charge in [0.25, 0.3) is 0 Å². The lowest BCUT2D eigenvalue weighted by molar-refractivity contribution is -0.145. The zero-order chi connectivity index (χ0) is 18.3. The number of piperidine rings is 1. The van der Waals surface area contributed by atoms with E-state index in [1.54, 1.807) is 6.92 Å². The maximum Gasteiger partial charge on any atom is 0.320 e. The van der Waals surface area contributed by atoms with Crippen molar-refractivity contribution in [2.24, 2.45) is 0 Å². The summed E-state index contributed by atoms with van der Waals surface area (Å²) < 4.78 is 26.6. The van der Waals surface area contributed by atoms with Crippen LogP contribution in [-0.2, 0) is 9.53 Å². The van der Waals surface area contributed by atoms with Gasteiger partial charge in [-0.05, 0) is 63.3 Å². The molecule has 2 rings (SSSR count). The van der Waals surface area contributed by atoms with Gasteiger partial charge in [0.2, 0.25) is 0 Å². The number of carbonyl (C=O) groups is 1. The number of carbonyl (C=O) groups excluding carboxylic acids is 1. The monoisotopic (exact) mass is 415 g/mol. The highest BCUT2D eigenvalue weighted by molar-refractivity contribution is 9.10. The molecule has 0 N–H and O–H groups in total. The van der Waals surface area contributed by atoms with Gasteiger partial charge < -0.3 is 9.47 Å². The average Bonchev–Trinajstić information content (AvgIpc) is 2.57. The standard InChI is InChI=1S/C19H27BrFNO3/c1-3-24-18(23)14-22-10-8-19(21,9-11-22)7-4-12-25-16-5-6-17(20)15(2)13-16/h5-6,13H,3-4,7-12,14H2,1-2H3. The number of hydrogen-bond acceptors (Lipinski definition) is 4. The molecule has 1 aliphatic rings. The van der Waals surface area contributed by atoms with Crippen molar-refractivity contribution in [2.75, 3.05) is 32.8 Å². The Balaban J connectivity index is 1.67. The number of halogens is 2. The number of hydrogen-bond donors (Lipinski definition) is 0. The van der Waals surface area contributed by atoms with Crippen molar-refractivity contribution in [3.05, 3.63) is 28.2 Å². The summed E-state index contributed by atoms with van der Waals surface area (Å²) in [5.74, 6) is 0.588. The van der Waals surface area contributed by atoms with E-state index in [-0.39, 0.29) is 12.5 Å². The van der Waals surface area contributed by atoms with Crippen LogP contribution in [-0.4, -0.2) is 49.4 Å². The molecule has 1 fully saturated rings. The molecule has 0 unspecified atom stereocenters. The molecule has 0 spiro atoms. The number of esters is 1.